The van der Waals surface area contributed by atoms with E-state index in [1.165, 1.54) is 4.74 Å². The van der Waals surface area contributed by atoms with Crippen LogP contribution in [0.25, 0.3) is 0 Å². The minimum absolute atomic E-state index is 1.25. The minimum Gasteiger partial charge on any atom is -0.303 e. The predicted octanol–water partition coefficient (Wildman–Crippen LogP) is 4.97. The van der Waals surface area contributed by atoms with Crippen molar-refractivity contribution in [3.05, 3.63) is 0 Å². The second-order valence-corrected chi connectivity index (χ2v) is 6.63. The number of hydrogen-bond donors (Lipinski definition) is 2. The molecule has 0 amide bonds. The van der Waals surface area contributed by atoms with Gasteiger partial charge in [-0.25, -0.2) is 4.57 Å². The van der Waals surface area contributed by atoms with Crippen LogP contribution in [0.3, 0.4) is 0 Å². The number of phosphoric acid groups is 1. The predicted molar refractivity (Wildman–Crippen MR) is 60.9 cm³/mol. The van der Waals surface area contributed by atoms with Gasteiger partial charge < -0.3 is 9.79 Å². The number of rotatable bonds is 9. The van der Waals surface area contributed by atoms with Gasteiger partial charge in [-0.2, -0.15) is 74.6 Å². The van der Waals surface area contributed by atoms with E-state index in [0.717, 1.165) is 0 Å². The van der Waals surface area contributed by atoms with Crippen LogP contribution in [-0.4, -0.2) is 64.8 Å². The molecule has 0 aliphatic carbocycles. The molecule has 0 bridgehead atoms. The number of halogens is 17. The Labute approximate surface area is 167 Å². The van der Waals surface area contributed by atoms with Crippen LogP contribution in [0.15, 0.2) is 0 Å². The van der Waals surface area contributed by atoms with E-state index in [2.05, 4.69) is 4.52 Å². The summed E-state index contributed by atoms with van der Waals surface area (Å²) in [4.78, 5) is 16.2. The normalized spacial score (nSPS) is 19.2. The topological polar surface area (TPSA) is 85.2 Å². The van der Waals surface area contributed by atoms with Crippen molar-refractivity contribution < 1.29 is 103 Å². The van der Waals surface area contributed by atoms with Crippen LogP contribution in [0.4, 0.5) is 74.6 Å². The van der Waals surface area contributed by atoms with Crippen LogP contribution in [0.2, 0.25) is 0 Å². The van der Waals surface area contributed by atoms with Crippen molar-refractivity contribution in [3.63, 3.8) is 0 Å². The average Bonchev–Trinajstić information content (AvgIpc) is 2.47. The van der Waals surface area contributed by atoms with E-state index in [0.29, 0.717) is 0 Å². The maximum absolute atomic E-state index is 13.8. The molecule has 0 aromatic rings. The SMILES string of the molecule is O=P(O)(O)OCC(F)(OC(F)(F)C(F)(OC(F)(F)C(F)(F)C(F)(F)F)C(F)(F)F)C(F)(F)F. The van der Waals surface area contributed by atoms with Crippen molar-refractivity contribution in [2.75, 3.05) is 6.61 Å². The van der Waals surface area contributed by atoms with Crippen molar-refractivity contribution >= 4 is 7.82 Å². The summed E-state index contributed by atoms with van der Waals surface area (Å²) in [5.74, 6) is -22.6. The molecule has 0 fully saturated rings. The number of phosphoric ester groups is 1. The molecular weight excluding hydrogens is 558 g/mol. The quantitative estimate of drug-likeness (QED) is 0.305. The first-order valence-corrected chi connectivity index (χ1v) is 8.22. The summed E-state index contributed by atoms with van der Waals surface area (Å²) in [7, 11) is -6.30. The molecule has 0 aliphatic heterocycles. The highest BCUT2D eigenvalue weighted by molar-refractivity contribution is 7.46. The Hall–Kier alpha value is -1.16. The standard InChI is InChI=1S/C9H4F17O6P/c10-2(5(14,15)16,1-30-33(27,28)29)31-9(25,26)4(13,7(20,21)22)32-8(23,24)3(11,12)6(17,18)19/h1H2,(H2,27,28,29). The second kappa shape index (κ2) is 8.50. The van der Waals surface area contributed by atoms with E-state index in [-0.39, 0.29) is 0 Å². The fourth-order valence-electron chi connectivity index (χ4n) is 1.29. The molecule has 0 saturated carbocycles. The fourth-order valence-corrected chi connectivity index (χ4v) is 1.63. The van der Waals surface area contributed by atoms with Crippen LogP contribution in [0.5, 0.6) is 0 Å². The van der Waals surface area contributed by atoms with Gasteiger partial charge in [-0.05, 0) is 0 Å². The van der Waals surface area contributed by atoms with Gasteiger partial charge in [-0.3, -0.25) is 14.0 Å². The zero-order valence-corrected chi connectivity index (χ0v) is 15.0. The lowest BCUT2D eigenvalue weighted by Crippen LogP contribution is -2.67. The van der Waals surface area contributed by atoms with Gasteiger partial charge >= 0.3 is 56.2 Å². The lowest BCUT2D eigenvalue weighted by molar-refractivity contribution is -0.552. The van der Waals surface area contributed by atoms with Crippen LogP contribution < -0.4 is 0 Å². The molecule has 0 rings (SSSR count). The van der Waals surface area contributed by atoms with E-state index >= 15 is 0 Å². The van der Waals surface area contributed by atoms with Gasteiger partial charge in [0.2, 0.25) is 0 Å². The van der Waals surface area contributed by atoms with Crippen LogP contribution >= 0.6 is 7.82 Å². The molecule has 0 heterocycles. The van der Waals surface area contributed by atoms with Gasteiger partial charge in [0.25, 0.3) is 0 Å². The highest BCUT2D eigenvalue weighted by Gasteiger charge is 2.85. The molecule has 0 spiro atoms. The Morgan fingerprint density at radius 1 is 0.576 bits per heavy atom. The number of ether oxygens (including phenoxy) is 2. The Bertz CT molecular complexity index is 739. The first-order valence-electron chi connectivity index (χ1n) is 6.69. The largest absolute Gasteiger partial charge is 0.469 e. The minimum atomic E-state index is -8.08. The Morgan fingerprint density at radius 3 is 1.24 bits per heavy atom. The lowest BCUT2D eigenvalue weighted by Gasteiger charge is -2.40. The maximum Gasteiger partial charge on any atom is 0.469 e. The van der Waals surface area contributed by atoms with E-state index in [1.807, 2.05) is 0 Å². The molecular formula is C9H4F17O6P. The van der Waals surface area contributed by atoms with Crippen LogP contribution in [-0.2, 0) is 18.6 Å². The third-order valence-electron chi connectivity index (χ3n) is 2.86. The van der Waals surface area contributed by atoms with Gasteiger partial charge in [-0.15, -0.1) is 0 Å². The molecule has 24 heteroatoms. The molecule has 2 unspecified atom stereocenters. The summed E-state index contributed by atoms with van der Waals surface area (Å²) < 4.78 is 233. The molecule has 2 atom stereocenters. The van der Waals surface area contributed by atoms with Gasteiger partial charge in [-0.1, -0.05) is 0 Å². The molecule has 6 nitrogen and oxygen atoms in total. The molecule has 0 aliphatic rings. The second-order valence-electron chi connectivity index (χ2n) is 5.39. The van der Waals surface area contributed by atoms with Crippen LogP contribution in [0.1, 0.15) is 0 Å². The van der Waals surface area contributed by atoms with Crippen molar-refractivity contribution in [3.8, 4) is 0 Å². The highest BCUT2D eigenvalue weighted by atomic mass is 31.2. The van der Waals surface area contributed by atoms with Crippen molar-refractivity contribution in [2.45, 2.75) is 48.4 Å². The summed E-state index contributed by atoms with van der Waals surface area (Å²) in [6, 6.07) is 0. The monoisotopic (exact) mass is 562 g/mol. The smallest absolute Gasteiger partial charge is 0.303 e. The van der Waals surface area contributed by atoms with Gasteiger partial charge in [0.1, 0.15) is 6.61 Å². The first kappa shape index (κ1) is 31.8. The number of hydrogen-bond acceptors (Lipinski definition) is 4. The summed E-state index contributed by atoms with van der Waals surface area (Å²) >= 11 is 0. The zero-order valence-electron chi connectivity index (χ0n) is 14.1. The van der Waals surface area contributed by atoms with E-state index in [9.17, 15) is 79.2 Å². The molecule has 0 aromatic heterocycles. The third-order valence-corrected chi connectivity index (χ3v) is 3.33. The van der Waals surface area contributed by atoms with Gasteiger partial charge in [0.15, 0.2) is 0 Å². The number of alkyl halides is 17. The van der Waals surface area contributed by atoms with E-state index in [4.69, 9.17) is 9.79 Å². The third kappa shape index (κ3) is 6.50. The molecule has 2 N–H and O–H groups in total. The Morgan fingerprint density at radius 2 is 0.970 bits per heavy atom. The van der Waals surface area contributed by atoms with Crippen molar-refractivity contribution in [1.82, 2.24) is 0 Å². The van der Waals surface area contributed by atoms with Crippen molar-refractivity contribution in [2.24, 2.45) is 0 Å². The molecule has 200 valence electrons. The zero-order chi connectivity index (χ0) is 27.3. The molecule has 0 radical (unpaired) electrons. The van der Waals surface area contributed by atoms with Gasteiger partial charge in [0.05, 0.1) is 0 Å². The van der Waals surface area contributed by atoms with E-state index < -0.39 is 62.8 Å². The Kier molecular flexibility index (Phi) is 8.20. The fraction of sp³-hybridized carbons (Fsp3) is 1.00. The highest BCUT2D eigenvalue weighted by Crippen LogP contribution is 2.56. The van der Waals surface area contributed by atoms with E-state index in [1.54, 1.807) is 4.74 Å². The van der Waals surface area contributed by atoms with Gasteiger partial charge in [0, 0.05) is 0 Å². The molecule has 0 aromatic carbocycles. The molecule has 33 heavy (non-hydrogen) atoms. The van der Waals surface area contributed by atoms with Crippen molar-refractivity contribution in [1.29, 1.82) is 0 Å². The first-order chi connectivity index (χ1) is 13.9. The lowest BCUT2D eigenvalue weighted by atomic mass is 10.2. The summed E-state index contributed by atoms with van der Waals surface area (Å²) in [5, 5.41) is 0. The molecule has 0 saturated heterocycles. The average molecular weight is 562 g/mol. The summed E-state index contributed by atoms with van der Waals surface area (Å²) in [5.41, 5.74) is 0. The Balaban J connectivity index is 6.61. The summed E-state index contributed by atoms with van der Waals surface area (Å²) in [6.45, 7) is -3.57. The maximum atomic E-state index is 13.8. The van der Waals surface area contributed by atoms with Crippen LogP contribution in [0, 0.1) is 0 Å². The summed E-state index contributed by atoms with van der Waals surface area (Å²) in [6.07, 6.45) is -38.6.